The smallest absolute Gasteiger partial charge is 0.237 e. The van der Waals surface area contributed by atoms with E-state index in [9.17, 15) is 4.79 Å². The van der Waals surface area contributed by atoms with Crippen LogP contribution in [0.15, 0.2) is 28.7 Å². The van der Waals surface area contributed by atoms with E-state index < -0.39 is 6.04 Å². The van der Waals surface area contributed by atoms with Crippen LogP contribution < -0.4 is 11.1 Å². The minimum absolute atomic E-state index is 0. The van der Waals surface area contributed by atoms with E-state index in [0.717, 1.165) is 29.5 Å². The molecule has 3 nitrogen and oxygen atoms in total. The SMILES string of the molecule is CSCC[C@H](N)C(=O)NC(C)CCc1ccc(Br)cc1.Cl. The minimum Gasteiger partial charge on any atom is -0.352 e. The first kappa shape index (κ1) is 20.8. The molecule has 21 heavy (non-hydrogen) atoms. The number of thioether (sulfide) groups is 1. The molecule has 1 amide bonds. The van der Waals surface area contributed by atoms with Gasteiger partial charge in [-0.2, -0.15) is 11.8 Å². The minimum atomic E-state index is -0.391. The quantitative estimate of drug-likeness (QED) is 0.709. The van der Waals surface area contributed by atoms with Gasteiger partial charge in [-0.25, -0.2) is 0 Å². The molecule has 0 aliphatic heterocycles. The second kappa shape index (κ2) is 11.4. The Kier molecular flexibility index (Phi) is 11.2. The number of rotatable bonds is 8. The van der Waals surface area contributed by atoms with Crippen LogP contribution in [-0.4, -0.2) is 30.0 Å². The first-order chi connectivity index (χ1) is 9.52. The lowest BCUT2D eigenvalue weighted by Crippen LogP contribution is -2.44. The van der Waals surface area contributed by atoms with Crippen molar-refractivity contribution in [3.63, 3.8) is 0 Å². The maximum absolute atomic E-state index is 11.9. The van der Waals surface area contributed by atoms with Crippen molar-refractivity contribution in [2.24, 2.45) is 5.73 Å². The second-order valence-electron chi connectivity index (χ2n) is 4.96. The van der Waals surface area contributed by atoms with Gasteiger partial charge in [0.1, 0.15) is 0 Å². The van der Waals surface area contributed by atoms with E-state index in [-0.39, 0.29) is 24.4 Å². The van der Waals surface area contributed by atoms with Crippen molar-refractivity contribution >= 4 is 46.0 Å². The zero-order chi connectivity index (χ0) is 15.0. The number of aryl methyl sites for hydroxylation is 1. The van der Waals surface area contributed by atoms with Gasteiger partial charge in [0, 0.05) is 10.5 Å². The highest BCUT2D eigenvalue weighted by molar-refractivity contribution is 9.10. The molecule has 0 aliphatic rings. The fourth-order valence-electron chi connectivity index (χ4n) is 1.83. The Balaban J connectivity index is 0.00000400. The Morgan fingerprint density at radius 3 is 2.52 bits per heavy atom. The van der Waals surface area contributed by atoms with Crippen LogP contribution >= 0.6 is 40.1 Å². The normalized spacial score (nSPS) is 13.1. The molecule has 1 aromatic rings. The molecule has 0 bridgehead atoms. The van der Waals surface area contributed by atoms with Gasteiger partial charge in [-0.05, 0) is 55.9 Å². The third-order valence-electron chi connectivity index (χ3n) is 3.14. The first-order valence-electron chi connectivity index (χ1n) is 6.82. The van der Waals surface area contributed by atoms with Crippen molar-refractivity contribution in [3.8, 4) is 0 Å². The average molecular weight is 396 g/mol. The van der Waals surface area contributed by atoms with Crippen molar-refractivity contribution in [2.75, 3.05) is 12.0 Å². The topological polar surface area (TPSA) is 55.1 Å². The molecule has 6 heteroatoms. The predicted molar refractivity (Wildman–Crippen MR) is 98.3 cm³/mol. The Morgan fingerprint density at radius 1 is 1.33 bits per heavy atom. The van der Waals surface area contributed by atoms with Gasteiger partial charge in [0.15, 0.2) is 0 Å². The van der Waals surface area contributed by atoms with Crippen LogP contribution in [0.3, 0.4) is 0 Å². The summed E-state index contributed by atoms with van der Waals surface area (Å²) in [6.45, 7) is 2.03. The van der Waals surface area contributed by atoms with Gasteiger partial charge >= 0.3 is 0 Å². The largest absolute Gasteiger partial charge is 0.352 e. The highest BCUT2D eigenvalue weighted by Crippen LogP contribution is 2.12. The van der Waals surface area contributed by atoms with Gasteiger partial charge in [0.2, 0.25) is 5.91 Å². The molecule has 1 unspecified atom stereocenters. The number of hydrogen-bond donors (Lipinski definition) is 2. The highest BCUT2D eigenvalue weighted by atomic mass is 79.9. The second-order valence-corrected chi connectivity index (χ2v) is 6.86. The van der Waals surface area contributed by atoms with E-state index in [0.29, 0.717) is 0 Å². The standard InChI is InChI=1S/C15H23BrN2OS.ClH/c1-11(18-15(19)14(17)9-10-20-2)3-4-12-5-7-13(16)8-6-12;/h5-8,11,14H,3-4,9-10,17H2,1-2H3,(H,18,19);1H/t11?,14-;/m0./s1. The monoisotopic (exact) mass is 394 g/mol. The summed E-state index contributed by atoms with van der Waals surface area (Å²) in [4.78, 5) is 11.9. The summed E-state index contributed by atoms with van der Waals surface area (Å²) in [7, 11) is 0. The van der Waals surface area contributed by atoms with Gasteiger partial charge in [-0.1, -0.05) is 28.1 Å². The predicted octanol–water partition coefficient (Wildman–Crippen LogP) is 3.39. The maximum atomic E-state index is 11.9. The van der Waals surface area contributed by atoms with E-state index >= 15 is 0 Å². The number of carbonyl (C=O) groups excluding carboxylic acids is 1. The number of benzene rings is 1. The van der Waals surface area contributed by atoms with Crippen LogP contribution in [0.25, 0.3) is 0 Å². The van der Waals surface area contributed by atoms with E-state index in [4.69, 9.17) is 5.73 Å². The van der Waals surface area contributed by atoms with Crippen LogP contribution in [0.5, 0.6) is 0 Å². The zero-order valence-corrected chi connectivity index (χ0v) is 15.7. The fourth-order valence-corrected chi connectivity index (χ4v) is 2.59. The summed E-state index contributed by atoms with van der Waals surface area (Å²) in [5, 5.41) is 2.99. The molecule has 3 N–H and O–H groups in total. The summed E-state index contributed by atoms with van der Waals surface area (Å²) >= 11 is 5.13. The average Bonchev–Trinajstić information content (AvgIpc) is 2.44. The molecular formula is C15H24BrClN2OS. The lowest BCUT2D eigenvalue weighted by atomic mass is 10.1. The van der Waals surface area contributed by atoms with Crippen LogP contribution in [0.1, 0.15) is 25.3 Å². The third-order valence-corrected chi connectivity index (χ3v) is 4.31. The fraction of sp³-hybridized carbons (Fsp3) is 0.533. The number of nitrogens with two attached hydrogens (primary N) is 1. The molecule has 1 rings (SSSR count). The van der Waals surface area contributed by atoms with Gasteiger partial charge < -0.3 is 11.1 Å². The molecule has 0 heterocycles. The Labute approximate surface area is 146 Å². The number of nitrogens with one attached hydrogen (secondary N) is 1. The molecule has 0 radical (unpaired) electrons. The van der Waals surface area contributed by atoms with Crippen molar-refractivity contribution in [1.82, 2.24) is 5.32 Å². The molecule has 2 atom stereocenters. The number of amides is 1. The molecule has 0 aromatic heterocycles. The molecule has 1 aromatic carbocycles. The van der Waals surface area contributed by atoms with Crippen LogP contribution in [0.2, 0.25) is 0 Å². The zero-order valence-electron chi connectivity index (χ0n) is 12.5. The molecule has 0 aliphatic carbocycles. The third kappa shape index (κ3) is 8.71. The van der Waals surface area contributed by atoms with Crippen molar-refractivity contribution in [1.29, 1.82) is 0 Å². The van der Waals surface area contributed by atoms with Crippen molar-refractivity contribution in [2.45, 2.75) is 38.3 Å². The van der Waals surface area contributed by atoms with E-state index in [1.807, 2.05) is 25.3 Å². The van der Waals surface area contributed by atoms with Crippen LogP contribution in [0.4, 0.5) is 0 Å². The van der Waals surface area contributed by atoms with Gasteiger partial charge in [-0.15, -0.1) is 12.4 Å². The van der Waals surface area contributed by atoms with Gasteiger partial charge in [-0.3, -0.25) is 4.79 Å². The van der Waals surface area contributed by atoms with E-state index in [1.54, 1.807) is 11.8 Å². The van der Waals surface area contributed by atoms with E-state index in [2.05, 4.69) is 33.4 Å². The summed E-state index contributed by atoms with van der Waals surface area (Å²) in [6, 6.07) is 8.03. The first-order valence-corrected chi connectivity index (χ1v) is 9.01. The van der Waals surface area contributed by atoms with Crippen molar-refractivity contribution < 1.29 is 4.79 Å². The summed E-state index contributed by atoms with van der Waals surface area (Å²) < 4.78 is 1.09. The summed E-state index contributed by atoms with van der Waals surface area (Å²) in [5.74, 6) is 0.879. The van der Waals surface area contributed by atoms with Crippen LogP contribution in [0, 0.1) is 0 Å². The summed E-state index contributed by atoms with van der Waals surface area (Å²) in [6.07, 6.45) is 4.62. The maximum Gasteiger partial charge on any atom is 0.237 e. The molecule has 120 valence electrons. The Morgan fingerprint density at radius 2 is 1.95 bits per heavy atom. The van der Waals surface area contributed by atoms with Gasteiger partial charge in [0.25, 0.3) is 0 Å². The number of carbonyl (C=O) groups is 1. The van der Waals surface area contributed by atoms with Crippen molar-refractivity contribution in [3.05, 3.63) is 34.3 Å². The Hall–Kier alpha value is -0.230. The van der Waals surface area contributed by atoms with Crippen LogP contribution in [-0.2, 0) is 11.2 Å². The molecular weight excluding hydrogens is 372 g/mol. The number of halogens is 2. The summed E-state index contributed by atoms with van der Waals surface area (Å²) in [5.41, 5.74) is 7.12. The number of hydrogen-bond acceptors (Lipinski definition) is 3. The highest BCUT2D eigenvalue weighted by Gasteiger charge is 2.15. The molecule has 0 spiro atoms. The Bertz CT molecular complexity index is 417. The lowest BCUT2D eigenvalue weighted by Gasteiger charge is -2.17. The van der Waals surface area contributed by atoms with Gasteiger partial charge in [0.05, 0.1) is 6.04 Å². The van der Waals surface area contributed by atoms with E-state index in [1.165, 1.54) is 5.56 Å². The lowest BCUT2D eigenvalue weighted by molar-refractivity contribution is -0.123. The molecule has 0 saturated heterocycles. The molecule has 0 saturated carbocycles. The molecule has 0 fully saturated rings.